The second-order valence-corrected chi connectivity index (χ2v) is 7.01. The van der Waals surface area contributed by atoms with Crippen LogP contribution in [0.4, 0.5) is 4.39 Å². The van der Waals surface area contributed by atoms with Gasteiger partial charge < -0.3 is 14.2 Å². The van der Waals surface area contributed by atoms with E-state index >= 15 is 0 Å². The zero-order chi connectivity index (χ0) is 22.0. The molecule has 1 atom stereocenters. The molecule has 0 radical (unpaired) electrons. The lowest BCUT2D eigenvalue weighted by Crippen LogP contribution is -2.30. The van der Waals surface area contributed by atoms with Crippen molar-refractivity contribution >= 4 is 27.9 Å². The molecule has 0 saturated heterocycles. The molecule has 2 aromatic carbocycles. The lowest BCUT2D eigenvalue weighted by Gasteiger charge is -2.14. The summed E-state index contributed by atoms with van der Waals surface area (Å²) in [6, 6.07) is 6.55. The monoisotopic (exact) mass is 436 g/mol. The molecule has 0 fully saturated rings. The molecule has 0 aliphatic carbocycles. The molecule has 1 heterocycles. The maximum Gasteiger partial charge on any atom is 0.330 e. The SMILES string of the molecule is CCC(C(=O)Cl)n1c(=O)n(Cc2cc(OC)c(OC)c(OC)c2)c2ccc(F)cc21. The molecule has 9 heteroatoms. The Labute approximate surface area is 177 Å². The highest BCUT2D eigenvalue weighted by Crippen LogP contribution is 2.38. The summed E-state index contributed by atoms with van der Waals surface area (Å²) in [5, 5.41) is -0.685. The first kappa shape index (κ1) is 21.7. The quantitative estimate of drug-likeness (QED) is 0.503. The van der Waals surface area contributed by atoms with Gasteiger partial charge in [0.05, 0.1) is 38.9 Å². The van der Waals surface area contributed by atoms with E-state index in [1.807, 2.05) is 0 Å². The van der Waals surface area contributed by atoms with Gasteiger partial charge in [0.15, 0.2) is 11.5 Å². The summed E-state index contributed by atoms with van der Waals surface area (Å²) in [6.07, 6.45) is 0.294. The van der Waals surface area contributed by atoms with Crippen molar-refractivity contribution in [1.82, 2.24) is 9.13 Å². The van der Waals surface area contributed by atoms with Crippen LogP contribution in [0.1, 0.15) is 24.9 Å². The van der Waals surface area contributed by atoms with Gasteiger partial charge in [0.2, 0.25) is 11.0 Å². The maximum atomic E-state index is 13.9. The van der Waals surface area contributed by atoms with Gasteiger partial charge in [-0.2, -0.15) is 0 Å². The van der Waals surface area contributed by atoms with Crippen molar-refractivity contribution in [2.24, 2.45) is 0 Å². The normalized spacial score (nSPS) is 12.1. The van der Waals surface area contributed by atoms with E-state index in [2.05, 4.69) is 0 Å². The molecule has 0 bridgehead atoms. The molecular weight excluding hydrogens is 415 g/mol. The Bertz CT molecular complexity index is 1130. The highest BCUT2D eigenvalue weighted by molar-refractivity contribution is 6.64. The van der Waals surface area contributed by atoms with Gasteiger partial charge in [-0.05, 0) is 53.9 Å². The van der Waals surface area contributed by atoms with Crippen LogP contribution in [0, 0.1) is 5.82 Å². The second kappa shape index (κ2) is 8.79. The fourth-order valence-electron chi connectivity index (χ4n) is 3.56. The number of hydrogen-bond acceptors (Lipinski definition) is 5. The number of nitrogens with zero attached hydrogens (tertiary/aromatic N) is 2. The zero-order valence-electron chi connectivity index (χ0n) is 17.1. The number of imidazole rings is 1. The fourth-order valence-corrected chi connectivity index (χ4v) is 3.81. The first-order valence-electron chi connectivity index (χ1n) is 9.24. The zero-order valence-corrected chi connectivity index (χ0v) is 17.8. The van der Waals surface area contributed by atoms with E-state index in [4.69, 9.17) is 25.8 Å². The molecule has 7 nitrogen and oxygen atoms in total. The van der Waals surface area contributed by atoms with Gasteiger partial charge in [-0.3, -0.25) is 13.9 Å². The summed E-state index contributed by atoms with van der Waals surface area (Å²) >= 11 is 5.72. The van der Waals surface area contributed by atoms with Crippen LogP contribution < -0.4 is 19.9 Å². The van der Waals surface area contributed by atoms with E-state index < -0.39 is 22.8 Å². The third-order valence-electron chi connectivity index (χ3n) is 4.95. The number of hydrogen-bond donors (Lipinski definition) is 0. The number of carbonyl (C=O) groups is 1. The third-order valence-corrected chi connectivity index (χ3v) is 5.20. The van der Waals surface area contributed by atoms with Crippen LogP contribution >= 0.6 is 11.6 Å². The molecule has 160 valence electrons. The van der Waals surface area contributed by atoms with Crippen LogP contribution in [0.3, 0.4) is 0 Å². The van der Waals surface area contributed by atoms with Crippen LogP contribution in [0.15, 0.2) is 35.1 Å². The van der Waals surface area contributed by atoms with Gasteiger partial charge in [-0.25, -0.2) is 9.18 Å². The van der Waals surface area contributed by atoms with Crippen LogP contribution in [-0.4, -0.2) is 35.7 Å². The number of fused-ring (bicyclic) bond motifs is 1. The molecule has 0 spiro atoms. The van der Waals surface area contributed by atoms with Crippen molar-refractivity contribution < 1.29 is 23.4 Å². The fraction of sp³-hybridized carbons (Fsp3) is 0.333. The number of aromatic nitrogens is 2. The number of rotatable bonds is 8. The molecule has 30 heavy (non-hydrogen) atoms. The van der Waals surface area contributed by atoms with Gasteiger partial charge in [-0.15, -0.1) is 0 Å². The van der Waals surface area contributed by atoms with Crippen LogP contribution in [0.5, 0.6) is 17.2 Å². The summed E-state index contributed by atoms with van der Waals surface area (Å²) in [5.41, 5.74) is 1.00. The van der Waals surface area contributed by atoms with Gasteiger partial charge >= 0.3 is 5.69 Å². The average molecular weight is 437 g/mol. The van der Waals surface area contributed by atoms with Crippen molar-refractivity contribution in [1.29, 1.82) is 0 Å². The van der Waals surface area contributed by atoms with Gasteiger partial charge in [0.1, 0.15) is 11.9 Å². The smallest absolute Gasteiger partial charge is 0.330 e. The lowest BCUT2D eigenvalue weighted by atomic mass is 10.1. The average Bonchev–Trinajstić information content (AvgIpc) is 2.98. The Hall–Kier alpha value is -3.00. The van der Waals surface area contributed by atoms with E-state index in [9.17, 15) is 14.0 Å². The van der Waals surface area contributed by atoms with Crippen LogP contribution in [0.25, 0.3) is 11.0 Å². The minimum absolute atomic E-state index is 0.136. The first-order valence-corrected chi connectivity index (χ1v) is 9.62. The molecule has 1 unspecified atom stereocenters. The van der Waals surface area contributed by atoms with Gasteiger partial charge in [-0.1, -0.05) is 6.92 Å². The summed E-state index contributed by atoms with van der Waals surface area (Å²) < 4.78 is 32.7. The van der Waals surface area contributed by atoms with Gasteiger partial charge in [0, 0.05) is 0 Å². The molecule has 0 aliphatic heterocycles. The van der Waals surface area contributed by atoms with Crippen molar-refractivity contribution in [3.8, 4) is 17.2 Å². The lowest BCUT2D eigenvalue weighted by molar-refractivity contribution is -0.114. The largest absolute Gasteiger partial charge is 0.493 e. The van der Waals surface area contributed by atoms with Crippen molar-refractivity contribution in [2.45, 2.75) is 25.9 Å². The summed E-state index contributed by atoms with van der Waals surface area (Å²) in [6.45, 7) is 1.87. The number of halogens is 2. The predicted octanol–water partition coefficient (Wildman–Crippen LogP) is 3.73. The van der Waals surface area contributed by atoms with Crippen molar-refractivity contribution in [2.75, 3.05) is 21.3 Å². The minimum Gasteiger partial charge on any atom is -0.493 e. The second-order valence-electron chi connectivity index (χ2n) is 6.63. The molecule has 3 aromatic rings. The van der Waals surface area contributed by atoms with Crippen LogP contribution in [-0.2, 0) is 11.3 Å². The Morgan fingerprint density at radius 2 is 1.70 bits per heavy atom. The molecule has 3 rings (SSSR count). The topological polar surface area (TPSA) is 71.7 Å². The minimum atomic E-state index is -0.898. The summed E-state index contributed by atoms with van der Waals surface area (Å²) in [5.74, 6) is 0.798. The number of methoxy groups -OCH3 is 3. The Kier molecular flexibility index (Phi) is 6.36. The molecule has 0 amide bonds. The molecule has 0 saturated carbocycles. The highest BCUT2D eigenvalue weighted by atomic mass is 35.5. The molecule has 0 aliphatic rings. The molecular formula is C21H22ClFN2O5. The predicted molar refractivity (Wildman–Crippen MR) is 112 cm³/mol. The van der Waals surface area contributed by atoms with Crippen LogP contribution in [0.2, 0.25) is 0 Å². The van der Waals surface area contributed by atoms with E-state index in [1.165, 1.54) is 48.7 Å². The highest BCUT2D eigenvalue weighted by Gasteiger charge is 2.24. The Morgan fingerprint density at radius 3 is 2.20 bits per heavy atom. The first-order chi connectivity index (χ1) is 14.4. The van der Waals surface area contributed by atoms with Crippen molar-refractivity contribution in [3.63, 3.8) is 0 Å². The Balaban J connectivity index is 2.22. The summed E-state index contributed by atoms with van der Waals surface area (Å²) in [7, 11) is 4.50. The number of carbonyl (C=O) groups excluding carboxylic acids is 1. The molecule has 0 N–H and O–H groups in total. The summed E-state index contributed by atoms with van der Waals surface area (Å²) in [4.78, 5) is 25.2. The number of ether oxygens (including phenoxy) is 3. The maximum absolute atomic E-state index is 13.9. The third kappa shape index (κ3) is 3.75. The Morgan fingerprint density at radius 1 is 1.07 bits per heavy atom. The van der Waals surface area contributed by atoms with E-state index in [1.54, 1.807) is 19.1 Å². The molecule has 1 aromatic heterocycles. The van der Waals surface area contributed by atoms with Gasteiger partial charge in [0.25, 0.3) is 0 Å². The number of benzene rings is 2. The van der Waals surface area contributed by atoms with Crippen molar-refractivity contribution in [3.05, 3.63) is 52.2 Å². The van der Waals surface area contributed by atoms with E-state index in [0.717, 1.165) is 0 Å². The van der Waals surface area contributed by atoms with E-state index in [-0.39, 0.29) is 6.54 Å². The van der Waals surface area contributed by atoms with E-state index in [0.29, 0.717) is 40.3 Å². The standard InChI is InChI=1S/C21H22ClFN2O5/c1-5-14(20(22)26)25-16-10-13(23)6-7-15(16)24(21(25)27)11-12-8-17(28-2)19(30-4)18(9-12)29-3/h6-10,14H,5,11H2,1-4H3.